The lowest BCUT2D eigenvalue weighted by atomic mass is 9.97. The van der Waals surface area contributed by atoms with Crippen LogP contribution in [0.3, 0.4) is 0 Å². The van der Waals surface area contributed by atoms with Crippen molar-refractivity contribution < 1.29 is 28.9 Å². The van der Waals surface area contributed by atoms with Gasteiger partial charge in [-0.2, -0.15) is 0 Å². The Labute approximate surface area is 200 Å². The number of rotatable bonds is 5. The zero-order chi connectivity index (χ0) is 24.0. The third-order valence-electron chi connectivity index (χ3n) is 6.20. The molecule has 3 heterocycles. The quantitative estimate of drug-likeness (QED) is 0.328. The number of aryl methyl sites for hydroxylation is 1. The van der Waals surface area contributed by atoms with Gasteiger partial charge in [-0.05, 0) is 59.8 Å². The number of carbonyl (C=O) groups is 2. The van der Waals surface area contributed by atoms with Crippen LogP contribution in [0.2, 0.25) is 0 Å². The van der Waals surface area contributed by atoms with E-state index in [1.54, 1.807) is 30.3 Å². The smallest absolute Gasteiger partial charge is 0.300 e. The summed E-state index contributed by atoms with van der Waals surface area (Å²) in [5.74, 6) is 0.0638. The second kappa shape index (κ2) is 8.53. The maximum Gasteiger partial charge on any atom is 0.300 e. The summed E-state index contributed by atoms with van der Waals surface area (Å²) in [6.45, 7) is 2.50. The summed E-state index contributed by atoms with van der Waals surface area (Å²) >= 11 is 1.44. The lowest BCUT2D eigenvalue weighted by Crippen LogP contribution is -2.29. The van der Waals surface area contributed by atoms with Crippen LogP contribution in [-0.2, 0) is 16.0 Å². The van der Waals surface area contributed by atoms with Crippen LogP contribution in [0, 0.1) is 6.92 Å². The number of benzene rings is 2. The van der Waals surface area contributed by atoms with E-state index in [-0.39, 0.29) is 11.3 Å². The number of ether oxygens (including phenoxy) is 3. The van der Waals surface area contributed by atoms with E-state index in [0.717, 1.165) is 28.2 Å². The number of aliphatic hydroxyl groups is 1. The van der Waals surface area contributed by atoms with E-state index in [0.29, 0.717) is 29.4 Å². The molecular weight excluding hydrogens is 454 g/mol. The molecule has 1 atom stereocenters. The highest BCUT2D eigenvalue weighted by atomic mass is 32.1. The normalized spacial score (nSPS) is 18.7. The maximum absolute atomic E-state index is 13.4. The Balaban J connectivity index is 1.70. The molecule has 0 spiro atoms. The Hall–Kier alpha value is -3.78. The molecule has 1 unspecified atom stereocenters. The molecule has 1 amide bonds. The van der Waals surface area contributed by atoms with Gasteiger partial charge in [0.1, 0.15) is 17.6 Å². The summed E-state index contributed by atoms with van der Waals surface area (Å²) in [7, 11) is 3.04. The molecule has 0 bridgehead atoms. The molecule has 2 aliphatic heterocycles. The van der Waals surface area contributed by atoms with Crippen molar-refractivity contribution in [1.29, 1.82) is 0 Å². The van der Waals surface area contributed by atoms with E-state index in [1.807, 2.05) is 24.4 Å². The Kier molecular flexibility index (Phi) is 5.53. The molecule has 0 aliphatic carbocycles. The van der Waals surface area contributed by atoms with Gasteiger partial charge in [-0.15, -0.1) is 11.3 Å². The third kappa shape index (κ3) is 3.42. The summed E-state index contributed by atoms with van der Waals surface area (Å²) in [6, 6.07) is 11.5. The molecule has 1 fully saturated rings. The van der Waals surface area contributed by atoms with E-state index >= 15 is 0 Å². The average Bonchev–Trinajstić information content (AvgIpc) is 3.56. The van der Waals surface area contributed by atoms with Gasteiger partial charge in [0.25, 0.3) is 11.7 Å². The number of hydrogen-bond acceptors (Lipinski definition) is 7. The number of nitrogens with zero attached hydrogens (tertiary/aromatic N) is 1. The maximum atomic E-state index is 13.4. The van der Waals surface area contributed by atoms with E-state index < -0.39 is 17.7 Å². The van der Waals surface area contributed by atoms with Crippen LogP contribution < -0.4 is 19.1 Å². The fourth-order valence-corrected chi connectivity index (χ4v) is 5.50. The number of hydrogen-bond donors (Lipinski definition) is 1. The largest absolute Gasteiger partial charge is 0.507 e. The number of thiophene rings is 1. The minimum Gasteiger partial charge on any atom is -0.507 e. The molecular formula is C26H23NO6S. The van der Waals surface area contributed by atoms with Gasteiger partial charge in [-0.1, -0.05) is 0 Å². The number of anilines is 1. The Bertz CT molecular complexity index is 1340. The van der Waals surface area contributed by atoms with Crippen LogP contribution >= 0.6 is 11.3 Å². The standard InChI is InChI=1S/C26H23NO6S/c1-14-9-11-34-25(14)22-21(23(28)16-4-6-18-15(12-16)8-10-33-18)24(29)26(30)27(22)17-5-7-19(31-2)20(13-17)32-3/h4-7,9,11-13,22,28H,8,10H2,1-3H3/b23-21-. The van der Waals surface area contributed by atoms with Gasteiger partial charge in [-0.25, -0.2) is 0 Å². The minimum absolute atomic E-state index is 0.0594. The first-order valence-electron chi connectivity index (χ1n) is 10.8. The van der Waals surface area contributed by atoms with E-state index in [9.17, 15) is 14.7 Å². The molecule has 0 radical (unpaired) electrons. The van der Waals surface area contributed by atoms with Crippen LogP contribution in [-0.4, -0.2) is 37.6 Å². The molecule has 2 aromatic carbocycles. The van der Waals surface area contributed by atoms with Crippen molar-refractivity contribution in [2.45, 2.75) is 19.4 Å². The second-order valence-corrected chi connectivity index (χ2v) is 9.04. The Morgan fingerprint density at radius 1 is 1.09 bits per heavy atom. The van der Waals surface area contributed by atoms with Gasteiger partial charge < -0.3 is 19.3 Å². The Morgan fingerprint density at radius 2 is 1.88 bits per heavy atom. The fourth-order valence-electron chi connectivity index (χ4n) is 4.48. The molecule has 7 nitrogen and oxygen atoms in total. The zero-order valence-corrected chi connectivity index (χ0v) is 19.8. The molecule has 0 saturated carbocycles. The van der Waals surface area contributed by atoms with Crippen LogP contribution in [0.25, 0.3) is 5.76 Å². The lowest BCUT2D eigenvalue weighted by Gasteiger charge is -2.25. The Morgan fingerprint density at radius 3 is 2.59 bits per heavy atom. The number of carbonyl (C=O) groups excluding carboxylic acids is 2. The van der Waals surface area contributed by atoms with Crippen molar-refractivity contribution in [3.63, 3.8) is 0 Å². The SMILES string of the molecule is COc1ccc(N2C(=O)C(=O)/C(=C(\O)c3ccc4c(c3)CCO4)C2c2sccc2C)cc1OC. The van der Waals surface area contributed by atoms with Gasteiger partial charge in [-0.3, -0.25) is 14.5 Å². The summed E-state index contributed by atoms with van der Waals surface area (Å²) in [6.07, 6.45) is 0.726. The summed E-state index contributed by atoms with van der Waals surface area (Å²) < 4.78 is 16.3. The van der Waals surface area contributed by atoms with E-state index in [1.165, 1.54) is 30.5 Å². The predicted molar refractivity (Wildman–Crippen MR) is 129 cm³/mol. The molecule has 174 valence electrons. The number of ketones is 1. The zero-order valence-electron chi connectivity index (χ0n) is 19.0. The van der Waals surface area contributed by atoms with Crippen molar-refractivity contribution in [1.82, 2.24) is 0 Å². The number of amides is 1. The molecule has 8 heteroatoms. The molecule has 5 rings (SSSR count). The van der Waals surface area contributed by atoms with Crippen LogP contribution in [0.15, 0.2) is 53.4 Å². The highest BCUT2D eigenvalue weighted by molar-refractivity contribution is 7.10. The highest BCUT2D eigenvalue weighted by Crippen LogP contribution is 2.46. The second-order valence-electron chi connectivity index (χ2n) is 8.10. The van der Waals surface area contributed by atoms with Crippen molar-refractivity contribution >= 4 is 34.5 Å². The molecule has 2 aliphatic rings. The average molecular weight is 478 g/mol. The van der Waals surface area contributed by atoms with E-state index in [4.69, 9.17) is 14.2 Å². The van der Waals surface area contributed by atoms with Gasteiger partial charge in [0.05, 0.1) is 26.4 Å². The number of fused-ring (bicyclic) bond motifs is 1. The van der Waals surface area contributed by atoms with Crippen molar-refractivity contribution in [2.75, 3.05) is 25.7 Å². The lowest BCUT2D eigenvalue weighted by molar-refractivity contribution is -0.132. The van der Waals surface area contributed by atoms with Crippen molar-refractivity contribution in [3.8, 4) is 17.2 Å². The number of aliphatic hydroxyl groups excluding tert-OH is 1. The van der Waals surface area contributed by atoms with Crippen LogP contribution in [0.1, 0.15) is 27.6 Å². The van der Waals surface area contributed by atoms with Gasteiger partial charge in [0.2, 0.25) is 0 Å². The molecule has 1 N–H and O–H groups in total. The molecule has 1 aromatic heterocycles. The van der Waals surface area contributed by atoms with Crippen molar-refractivity contribution in [3.05, 3.63) is 75.0 Å². The van der Waals surface area contributed by atoms with Crippen molar-refractivity contribution in [2.24, 2.45) is 0 Å². The first-order valence-corrected chi connectivity index (χ1v) is 11.7. The van der Waals surface area contributed by atoms with E-state index in [2.05, 4.69) is 0 Å². The molecule has 34 heavy (non-hydrogen) atoms. The van der Waals surface area contributed by atoms with Gasteiger partial charge in [0, 0.05) is 28.6 Å². The van der Waals surface area contributed by atoms with Gasteiger partial charge >= 0.3 is 0 Å². The molecule has 3 aromatic rings. The molecule has 1 saturated heterocycles. The fraction of sp³-hybridized carbons (Fsp3) is 0.231. The summed E-state index contributed by atoms with van der Waals surface area (Å²) in [5.41, 5.74) is 2.90. The van der Waals surface area contributed by atoms with Crippen LogP contribution in [0.4, 0.5) is 5.69 Å². The topological polar surface area (TPSA) is 85.3 Å². The number of methoxy groups -OCH3 is 2. The predicted octanol–water partition coefficient (Wildman–Crippen LogP) is 4.63. The van der Waals surface area contributed by atoms with Gasteiger partial charge in [0.15, 0.2) is 11.5 Å². The van der Waals surface area contributed by atoms with Crippen LogP contribution in [0.5, 0.6) is 17.2 Å². The summed E-state index contributed by atoms with van der Waals surface area (Å²) in [5, 5.41) is 13.3. The first-order chi connectivity index (χ1) is 16.4. The minimum atomic E-state index is -0.775. The third-order valence-corrected chi connectivity index (χ3v) is 7.27. The number of Topliss-reactive ketones (excluding diaryl/α,β-unsaturated/α-hetero) is 1. The monoisotopic (exact) mass is 477 g/mol. The summed E-state index contributed by atoms with van der Waals surface area (Å²) in [4.78, 5) is 28.9. The highest BCUT2D eigenvalue weighted by Gasteiger charge is 2.48. The first kappa shape index (κ1) is 22.0.